The Morgan fingerprint density at radius 2 is 1.61 bits per heavy atom. The molecular weight excluding hydrogens is 388 g/mol. The molecule has 28 heavy (non-hydrogen) atoms. The summed E-state index contributed by atoms with van der Waals surface area (Å²) in [6, 6.07) is 17.2. The van der Waals surface area contributed by atoms with E-state index in [1.54, 1.807) is 35.5 Å². The molecule has 0 atom stereocenters. The predicted octanol–water partition coefficient (Wildman–Crippen LogP) is 3.44. The van der Waals surface area contributed by atoms with E-state index in [4.69, 9.17) is 0 Å². The zero-order valence-corrected chi connectivity index (χ0v) is 17.9. The van der Waals surface area contributed by atoms with E-state index in [0.717, 1.165) is 15.6 Å². The van der Waals surface area contributed by atoms with Crippen LogP contribution in [0.2, 0.25) is 0 Å². The Labute approximate surface area is 172 Å². The van der Waals surface area contributed by atoms with Gasteiger partial charge in [-0.25, -0.2) is 0 Å². The van der Waals surface area contributed by atoms with Gasteiger partial charge < -0.3 is 9.47 Å². The van der Waals surface area contributed by atoms with E-state index in [0.29, 0.717) is 14.8 Å². The Morgan fingerprint density at radius 3 is 2.29 bits per heavy atom. The molecule has 4 nitrogen and oxygen atoms in total. The van der Waals surface area contributed by atoms with Crippen LogP contribution in [-0.4, -0.2) is 17.4 Å². The van der Waals surface area contributed by atoms with Crippen molar-refractivity contribution in [3.8, 4) is 0 Å². The highest BCUT2D eigenvalue weighted by atomic mass is 32.2. The van der Waals surface area contributed by atoms with Crippen molar-refractivity contribution in [2.24, 2.45) is 7.05 Å². The maximum absolute atomic E-state index is 12.8. The number of rotatable bonds is 2. The van der Waals surface area contributed by atoms with Gasteiger partial charge in [0.05, 0.1) is 5.69 Å². The average Bonchev–Trinajstić information content (AvgIpc) is 3.22. The molecule has 0 fully saturated rings. The van der Waals surface area contributed by atoms with Gasteiger partial charge in [-0.3, -0.25) is 9.59 Å². The lowest BCUT2D eigenvalue weighted by molar-refractivity contribution is 0.106. The minimum atomic E-state index is -0.102. The van der Waals surface area contributed by atoms with Gasteiger partial charge in [0.1, 0.15) is 14.2 Å². The Bertz CT molecular complexity index is 1180. The highest BCUT2D eigenvalue weighted by Gasteiger charge is 2.24. The van der Waals surface area contributed by atoms with Crippen molar-refractivity contribution in [3.63, 3.8) is 0 Å². The molecule has 2 aromatic carbocycles. The summed E-state index contributed by atoms with van der Waals surface area (Å²) in [6.45, 7) is 4.00. The maximum atomic E-state index is 12.8. The minimum absolute atomic E-state index is 0.0794. The molecule has 6 heteroatoms. The van der Waals surface area contributed by atoms with Gasteiger partial charge in [-0.15, -0.1) is 11.3 Å². The third-order valence-electron chi connectivity index (χ3n) is 4.28. The molecule has 144 valence electrons. The van der Waals surface area contributed by atoms with Gasteiger partial charge in [-0.2, -0.15) is 0 Å². The van der Waals surface area contributed by atoms with Gasteiger partial charge in [0, 0.05) is 30.6 Å². The first-order valence-corrected chi connectivity index (χ1v) is 10.7. The van der Waals surface area contributed by atoms with Crippen molar-refractivity contribution >= 4 is 45.7 Å². The Balaban J connectivity index is 0.00000109. The molecule has 0 bridgehead atoms. The fourth-order valence-corrected chi connectivity index (χ4v) is 5.20. The molecule has 4 rings (SSSR count). The van der Waals surface area contributed by atoms with Crippen LogP contribution in [0.25, 0.3) is 11.1 Å². The van der Waals surface area contributed by atoms with E-state index >= 15 is 0 Å². The Morgan fingerprint density at radius 1 is 0.964 bits per heavy atom. The molecule has 1 aliphatic heterocycles. The Hall–Kier alpha value is -2.57. The second-order valence-electron chi connectivity index (χ2n) is 5.94. The molecule has 2 heterocycles. The molecule has 0 aliphatic carbocycles. The SMILES string of the molecule is CC.CN1/C(=c2/s/c(=C/C(=O)c3ccccc3)n(C)c2=O)Sc2ccccc21. The summed E-state index contributed by atoms with van der Waals surface area (Å²) in [7, 11) is 3.67. The topological polar surface area (TPSA) is 42.3 Å². The molecule has 0 unspecified atom stereocenters. The van der Waals surface area contributed by atoms with Crippen LogP contribution in [0.5, 0.6) is 0 Å². The highest BCUT2D eigenvalue weighted by molar-refractivity contribution is 8.08. The lowest BCUT2D eigenvalue weighted by Gasteiger charge is -2.11. The number of hydrogen-bond acceptors (Lipinski definition) is 5. The number of benzene rings is 2. The fourth-order valence-electron chi connectivity index (χ4n) is 2.83. The quantitative estimate of drug-likeness (QED) is 0.607. The molecule has 0 saturated carbocycles. The molecular formula is C22H22N2O2S2. The summed E-state index contributed by atoms with van der Waals surface area (Å²) in [5, 5.41) is 0.906. The molecule has 0 N–H and O–H groups in total. The van der Waals surface area contributed by atoms with Crippen molar-refractivity contribution in [1.82, 2.24) is 4.57 Å². The molecule has 1 aliphatic rings. The van der Waals surface area contributed by atoms with Crippen molar-refractivity contribution in [2.45, 2.75) is 18.7 Å². The van der Waals surface area contributed by atoms with E-state index < -0.39 is 0 Å². The number of para-hydroxylation sites is 1. The largest absolute Gasteiger partial charge is 0.337 e. The first-order chi connectivity index (χ1) is 13.6. The van der Waals surface area contributed by atoms with Gasteiger partial charge in [0.25, 0.3) is 5.56 Å². The van der Waals surface area contributed by atoms with E-state index in [2.05, 4.69) is 0 Å². The number of ketones is 1. The van der Waals surface area contributed by atoms with Crippen LogP contribution in [0, 0.1) is 0 Å². The first kappa shape index (κ1) is 20.2. The number of carbonyl (C=O) groups is 1. The van der Waals surface area contributed by atoms with E-state index in [1.807, 2.05) is 68.3 Å². The molecule has 1 aromatic heterocycles. The summed E-state index contributed by atoms with van der Waals surface area (Å²) >= 11 is 2.94. The number of thiazole rings is 1. The number of fused-ring (bicyclic) bond motifs is 1. The number of anilines is 1. The number of carbonyl (C=O) groups excluding carboxylic acids is 1. The second kappa shape index (κ2) is 8.63. The van der Waals surface area contributed by atoms with E-state index in [-0.39, 0.29) is 11.3 Å². The number of nitrogens with zero attached hydrogens (tertiary/aromatic N) is 2. The number of hydrogen-bond donors (Lipinski definition) is 0. The van der Waals surface area contributed by atoms with Gasteiger partial charge in [-0.05, 0) is 12.1 Å². The Kier molecular flexibility index (Phi) is 6.21. The third kappa shape index (κ3) is 3.70. The zero-order chi connectivity index (χ0) is 20.3. The van der Waals surface area contributed by atoms with Crippen molar-refractivity contribution < 1.29 is 4.79 Å². The van der Waals surface area contributed by atoms with Gasteiger partial charge in [0.2, 0.25) is 0 Å². The fraction of sp³-hybridized carbons (Fsp3) is 0.182. The lowest BCUT2D eigenvalue weighted by atomic mass is 10.1. The molecule has 3 aromatic rings. The summed E-state index contributed by atoms with van der Waals surface area (Å²) in [4.78, 5) is 28.4. The van der Waals surface area contributed by atoms with Crippen LogP contribution >= 0.6 is 23.1 Å². The minimum Gasteiger partial charge on any atom is -0.337 e. The zero-order valence-electron chi connectivity index (χ0n) is 16.3. The van der Waals surface area contributed by atoms with Crippen LogP contribution in [0.3, 0.4) is 0 Å². The lowest BCUT2D eigenvalue weighted by Crippen LogP contribution is -2.32. The van der Waals surface area contributed by atoms with Crippen LogP contribution < -0.4 is 19.7 Å². The molecule has 0 radical (unpaired) electrons. The summed E-state index contributed by atoms with van der Waals surface area (Å²) < 4.78 is 2.85. The van der Waals surface area contributed by atoms with Gasteiger partial charge >= 0.3 is 0 Å². The highest BCUT2D eigenvalue weighted by Crippen LogP contribution is 2.44. The van der Waals surface area contributed by atoms with Crippen LogP contribution in [0.1, 0.15) is 24.2 Å². The number of aromatic nitrogens is 1. The van der Waals surface area contributed by atoms with Crippen molar-refractivity contribution in [1.29, 1.82) is 0 Å². The number of Topliss-reactive ketones (excluding diaryl/α,β-unsaturated/α-hetero) is 1. The smallest absolute Gasteiger partial charge is 0.271 e. The standard InChI is InChI=1S/C20H16N2O2S2.C2H6/c1-21-14-10-6-7-11-16(14)25-20(21)18-19(24)22(2)17(26-18)12-15(23)13-8-4-3-5-9-13;1-2/h3-12H,1-2H3;1-2H3/b17-12+,20-18-;. The monoisotopic (exact) mass is 410 g/mol. The first-order valence-electron chi connectivity index (χ1n) is 9.08. The van der Waals surface area contributed by atoms with E-state index in [1.165, 1.54) is 17.4 Å². The van der Waals surface area contributed by atoms with Gasteiger partial charge in [0.15, 0.2) is 5.78 Å². The van der Waals surface area contributed by atoms with E-state index in [9.17, 15) is 9.59 Å². The van der Waals surface area contributed by atoms with Crippen LogP contribution in [0.15, 0.2) is 64.3 Å². The van der Waals surface area contributed by atoms with Crippen molar-refractivity contribution in [2.75, 3.05) is 11.9 Å². The van der Waals surface area contributed by atoms with Crippen molar-refractivity contribution in [3.05, 3.63) is 79.7 Å². The molecule has 0 amide bonds. The van der Waals surface area contributed by atoms with Gasteiger partial charge in [-0.1, -0.05) is 68.1 Å². The number of thioether (sulfide) groups is 1. The maximum Gasteiger partial charge on any atom is 0.271 e. The molecule has 0 saturated heterocycles. The predicted molar refractivity (Wildman–Crippen MR) is 120 cm³/mol. The average molecular weight is 411 g/mol. The normalized spacial score (nSPS) is 15.1. The van der Waals surface area contributed by atoms with Crippen LogP contribution in [-0.2, 0) is 7.05 Å². The summed E-state index contributed by atoms with van der Waals surface area (Å²) in [6.07, 6.45) is 1.54. The van der Waals surface area contributed by atoms with Crippen LogP contribution in [0.4, 0.5) is 5.69 Å². The summed E-state index contributed by atoms with van der Waals surface area (Å²) in [5.41, 5.74) is 1.63. The third-order valence-corrected chi connectivity index (χ3v) is 6.82. The second-order valence-corrected chi connectivity index (χ2v) is 8.00. The summed E-state index contributed by atoms with van der Waals surface area (Å²) in [5.74, 6) is -0.102. The molecule has 0 spiro atoms.